The summed E-state index contributed by atoms with van der Waals surface area (Å²) < 4.78 is 51.5. The zero-order chi connectivity index (χ0) is 20.9. The Bertz CT molecular complexity index is 1020. The molecule has 1 aromatic carbocycles. The molecule has 1 aromatic rings. The van der Waals surface area contributed by atoms with Gasteiger partial charge in [0, 0.05) is 11.4 Å². The van der Waals surface area contributed by atoms with Gasteiger partial charge in [-0.15, -0.1) is 0 Å². The maximum absolute atomic E-state index is 12.6. The molecule has 13 heteroatoms. The van der Waals surface area contributed by atoms with Gasteiger partial charge in [-0.25, -0.2) is 31.8 Å². The van der Waals surface area contributed by atoms with Crippen molar-refractivity contribution in [1.82, 2.24) is 20.0 Å². The molecule has 0 atom stereocenters. The molecule has 154 valence electrons. The first-order valence-corrected chi connectivity index (χ1v) is 11.1. The maximum Gasteiger partial charge on any atom is 0.347 e. The molecule has 0 saturated carbocycles. The highest BCUT2D eigenvalue weighted by molar-refractivity contribution is 7.92. The van der Waals surface area contributed by atoms with E-state index in [9.17, 15) is 21.6 Å². The Labute approximate surface area is 163 Å². The van der Waals surface area contributed by atoms with Crippen molar-refractivity contribution in [3.8, 4) is 0 Å². The van der Waals surface area contributed by atoms with Gasteiger partial charge in [0.25, 0.3) is 20.0 Å². The second kappa shape index (κ2) is 8.68. The maximum atomic E-state index is 12.6. The molecule has 0 saturated heterocycles. The Morgan fingerprint density at radius 1 is 1.14 bits per heavy atom. The normalized spacial score (nSPS) is 14.9. The number of carbonyl (C=O) groups excluding carboxylic acids is 1. The molecule has 0 bridgehead atoms. The van der Waals surface area contributed by atoms with Crippen LogP contribution in [-0.2, 0) is 24.9 Å². The van der Waals surface area contributed by atoms with E-state index in [0.29, 0.717) is 5.70 Å². The van der Waals surface area contributed by atoms with Crippen LogP contribution in [0.5, 0.6) is 0 Å². The zero-order valence-electron chi connectivity index (χ0n) is 15.5. The molecular weight excluding hydrogens is 410 g/mol. The third-order valence-electron chi connectivity index (χ3n) is 3.51. The highest BCUT2D eigenvalue weighted by atomic mass is 32.2. The summed E-state index contributed by atoms with van der Waals surface area (Å²) in [6.45, 7) is 5.22. The smallest absolute Gasteiger partial charge is 0.287 e. The van der Waals surface area contributed by atoms with Crippen molar-refractivity contribution >= 4 is 31.8 Å². The number of hydrazine groups is 1. The molecular formula is C15H21N5O6S2. The van der Waals surface area contributed by atoms with Gasteiger partial charge in [0.2, 0.25) is 0 Å². The van der Waals surface area contributed by atoms with Crippen molar-refractivity contribution in [2.45, 2.75) is 30.6 Å². The van der Waals surface area contributed by atoms with Crippen molar-refractivity contribution < 1.29 is 26.5 Å². The summed E-state index contributed by atoms with van der Waals surface area (Å²) >= 11 is 0. The van der Waals surface area contributed by atoms with Crippen molar-refractivity contribution in [1.29, 1.82) is 0 Å². The van der Waals surface area contributed by atoms with Crippen molar-refractivity contribution in [2.24, 2.45) is 4.99 Å². The van der Waals surface area contributed by atoms with Crippen LogP contribution in [0.2, 0.25) is 0 Å². The first-order chi connectivity index (χ1) is 13.1. The predicted octanol–water partition coefficient (Wildman–Crippen LogP) is 0.457. The van der Waals surface area contributed by atoms with Crippen LogP contribution in [0.4, 0.5) is 4.79 Å². The zero-order valence-corrected chi connectivity index (χ0v) is 17.1. The summed E-state index contributed by atoms with van der Waals surface area (Å²) in [5.41, 5.74) is 3.77. The first kappa shape index (κ1) is 21.8. The fourth-order valence-corrected chi connectivity index (χ4v) is 4.84. The van der Waals surface area contributed by atoms with Gasteiger partial charge >= 0.3 is 6.03 Å². The van der Waals surface area contributed by atoms with E-state index in [1.807, 2.05) is 4.89 Å². The number of sulfonamides is 2. The molecule has 1 aliphatic heterocycles. The lowest BCUT2D eigenvalue weighted by Crippen LogP contribution is -2.49. The molecule has 0 unspecified atom stereocenters. The minimum absolute atomic E-state index is 0.0411. The molecule has 0 aliphatic carbocycles. The minimum atomic E-state index is -4.50. The third kappa shape index (κ3) is 5.28. The summed E-state index contributed by atoms with van der Waals surface area (Å²) in [7, 11) is -8.77. The van der Waals surface area contributed by atoms with Gasteiger partial charge in [0.15, 0.2) is 0 Å². The highest BCUT2D eigenvalue weighted by Crippen LogP contribution is 2.20. The second-order valence-electron chi connectivity index (χ2n) is 5.67. The molecule has 3 N–H and O–H groups in total. The van der Waals surface area contributed by atoms with Crippen LogP contribution in [0.3, 0.4) is 0 Å². The van der Waals surface area contributed by atoms with E-state index in [2.05, 4.69) is 15.3 Å². The molecule has 28 heavy (non-hydrogen) atoms. The standard InChI is InChI=1S/C15H21N5O6S2/c1-4-26-19-28(24,25)14-8-6-5-7-13(14)27(22,23)18-15(21)17-20-10-16-11(2)9-12(20)3/h5-9,19H,4,10H2,1-3H3,(H2,17,18,21). The number of benzene rings is 1. The number of aliphatic imine (C=N–C) groups is 1. The van der Waals surface area contributed by atoms with Crippen molar-refractivity contribution in [2.75, 3.05) is 13.3 Å². The topological polar surface area (TPSA) is 146 Å². The van der Waals surface area contributed by atoms with Gasteiger partial charge in [0.1, 0.15) is 16.5 Å². The Morgan fingerprint density at radius 2 is 1.75 bits per heavy atom. The lowest BCUT2D eigenvalue weighted by molar-refractivity contribution is 0.105. The molecule has 2 amide bonds. The third-order valence-corrected chi connectivity index (χ3v) is 6.30. The van der Waals surface area contributed by atoms with Gasteiger partial charge in [-0.3, -0.25) is 14.8 Å². The summed E-state index contributed by atoms with van der Waals surface area (Å²) in [5, 5.41) is 1.34. The Hall–Kier alpha value is -2.48. The molecule has 1 aliphatic rings. The second-order valence-corrected chi connectivity index (χ2v) is 8.93. The van der Waals surface area contributed by atoms with E-state index in [1.165, 1.54) is 17.1 Å². The number of amides is 2. The van der Waals surface area contributed by atoms with Gasteiger partial charge in [-0.1, -0.05) is 17.0 Å². The number of nitrogens with one attached hydrogen (secondary N) is 3. The Kier molecular flexibility index (Phi) is 6.77. The van der Waals surface area contributed by atoms with Gasteiger partial charge < -0.3 is 0 Å². The van der Waals surface area contributed by atoms with Crippen molar-refractivity contribution in [3.05, 3.63) is 36.0 Å². The minimum Gasteiger partial charge on any atom is -0.287 e. The molecule has 2 rings (SSSR count). The number of nitrogens with zero attached hydrogens (tertiary/aromatic N) is 2. The lowest BCUT2D eigenvalue weighted by atomic mass is 10.3. The van der Waals surface area contributed by atoms with E-state index < -0.39 is 35.9 Å². The molecule has 11 nitrogen and oxygen atoms in total. The quantitative estimate of drug-likeness (QED) is 0.531. The van der Waals surface area contributed by atoms with Gasteiger partial charge in [0.05, 0.1) is 6.61 Å². The van der Waals surface area contributed by atoms with E-state index in [1.54, 1.807) is 31.6 Å². The molecule has 1 heterocycles. The summed E-state index contributed by atoms with van der Waals surface area (Å²) in [4.78, 5) is 21.6. The summed E-state index contributed by atoms with van der Waals surface area (Å²) in [6, 6.07) is 3.77. The first-order valence-electron chi connectivity index (χ1n) is 8.10. The fraction of sp³-hybridized carbons (Fsp3) is 0.333. The van der Waals surface area contributed by atoms with E-state index in [4.69, 9.17) is 0 Å². The van der Waals surface area contributed by atoms with Gasteiger partial charge in [-0.05, 0) is 39.0 Å². The van der Waals surface area contributed by atoms with Crippen LogP contribution in [-0.4, -0.2) is 46.9 Å². The van der Waals surface area contributed by atoms with E-state index >= 15 is 0 Å². The Balaban J connectivity index is 2.22. The highest BCUT2D eigenvalue weighted by Gasteiger charge is 2.28. The average molecular weight is 431 g/mol. The number of hydrogen-bond donors (Lipinski definition) is 3. The molecule has 0 radical (unpaired) electrons. The summed E-state index contributed by atoms with van der Waals surface area (Å²) in [6.07, 6.45) is 1.71. The number of carbonyl (C=O) groups is 1. The number of rotatable bonds is 7. The largest absolute Gasteiger partial charge is 0.347 e. The summed E-state index contributed by atoms with van der Waals surface area (Å²) in [5.74, 6) is 0. The number of urea groups is 1. The molecule has 0 aromatic heterocycles. The van der Waals surface area contributed by atoms with Crippen molar-refractivity contribution in [3.63, 3.8) is 0 Å². The number of allylic oxidation sites excluding steroid dienone is 2. The van der Waals surface area contributed by atoms with Gasteiger partial charge in [-0.2, -0.15) is 0 Å². The van der Waals surface area contributed by atoms with E-state index in [0.717, 1.165) is 17.8 Å². The Morgan fingerprint density at radius 3 is 2.32 bits per heavy atom. The average Bonchev–Trinajstić information content (AvgIpc) is 2.62. The van der Waals surface area contributed by atoms with Crippen LogP contribution in [0.15, 0.2) is 50.8 Å². The monoisotopic (exact) mass is 431 g/mol. The molecule has 0 fully saturated rings. The molecule has 0 spiro atoms. The van der Waals surface area contributed by atoms with Crippen LogP contribution in [0.25, 0.3) is 0 Å². The SMILES string of the molecule is CCONS(=O)(=O)c1ccccc1S(=O)(=O)NC(=O)NN1CN=C(C)C=C1C. The van der Waals surface area contributed by atoms with Crippen LogP contribution < -0.4 is 15.0 Å². The lowest BCUT2D eigenvalue weighted by Gasteiger charge is -2.26. The van der Waals surface area contributed by atoms with Crippen LogP contribution in [0.1, 0.15) is 20.8 Å². The van der Waals surface area contributed by atoms with E-state index in [-0.39, 0.29) is 13.3 Å². The number of hydrogen-bond acceptors (Lipinski definition) is 8. The predicted molar refractivity (Wildman–Crippen MR) is 101 cm³/mol. The van der Waals surface area contributed by atoms with Crippen LogP contribution in [0, 0.1) is 0 Å². The fourth-order valence-electron chi connectivity index (χ4n) is 2.24. The van der Waals surface area contributed by atoms with Crippen LogP contribution >= 0.6 is 0 Å².